The Morgan fingerprint density at radius 2 is 1.92 bits per heavy atom. The second-order valence-electron chi connectivity index (χ2n) is 6.45. The van der Waals surface area contributed by atoms with Crippen LogP contribution < -0.4 is 10.5 Å². The molecule has 0 unspecified atom stereocenters. The van der Waals surface area contributed by atoms with E-state index < -0.39 is 0 Å². The van der Waals surface area contributed by atoms with Crippen molar-refractivity contribution in [2.45, 2.75) is 12.5 Å². The first-order valence-corrected chi connectivity index (χ1v) is 8.60. The van der Waals surface area contributed by atoms with Crippen molar-refractivity contribution in [2.24, 2.45) is 5.73 Å². The van der Waals surface area contributed by atoms with Crippen molar-refractivity contribution in [3.63, 3.8) is 0 Å². The van der Waals surface area contributed by atoms with Crippen molar-refractivity contribution in [1.29, 1.82) is 0 Å². The summed E-state index contributed by atoms with van der Waals surface area (Å²) in [4.78, 5) is 4.74. The summed E-state index contributed by atoms with van der Waals surface area (Å²) >= 11 is 0. The summed E-state index contributed by atoms with van der Waals surface area (Å²) in [5.74, 6) is 0.991. The molecular weight excluding hydrogens is 302 g/mol. The first-order valence-electron chi connectivity index (χ1n) is 8.60. The SMILES string of the molecule is C1=Cc2ccccc2OC1.CN1CCN(C2=COC[C@@H](N)C2)CC1. The quantitative estimate of drug-likeness (QED) is 0.853. The van der Waals surface area contributed by atoms with Gasteiger partial charge in [0.15, 0.2) is 0 Å². The van der Waals surface area contributed by atoms with Crippen LogP contribution in [0.5, 0.6) is 5.75 Å². The first kappa shape index (κ1) is 16.9. The van der Waals surface area contributed by atoms with Crippen molar-refractivity contribution < 1.29 is 9.47 Å². The van der Waals surface area contributed by atoms with E-state index in [0.29, 0.717) is 13.2 Å². The largest absolute Gasteiger partial charge is 0.498 e. The summed E-state index contributed by atoms with van der Waals surface area (Å²) in [6.45, 7) is 5.82. The molecule has 0 amide bonds. The molecule has 3 heterocycles. The molecule has 0 aliphatic carbocycles. The number of nitrogens with two attached hydrogens (primary N) is 1. The Balaban J connectivity index is 0.000000149. The van der Waals surface area contributed by atoms with Crippen molar-refractivity contribution in [3.05, 3.63) is 47.9 Å². The lowest BCUT2D eigenvalue weighted by atomic mass is 10.1. The molecule has 1 atom stereocenters. The van der Waals surface area contributed by atoms with Gasteiger partial charge in [0.2, 0.25) is 0 Å². The Morgan fingerprint density at radius 3 is 2.67 bits per heavy atom. The predicted octanol–water partition coefficient (Wildman–Crippen LogP) is 1.91. The molecule has 3 aliphatic rings. The van der Waals surface area contributed by atoms with Crippen LogP contribution in [0.4, 0.5) is 0 Å². The van der Waals surface area contributed by atoms with E-state index in [4.69, 9.17) is 15.2 Å². The maximum atomic E-state index is 5.86. The van der Waals surface area contributed by atoms with E-state index in [-0.39, 0.29) is 6.04 Å². The highest BCUT2D eigenvalue weighted by Gasteiger charge is 2.20. The van der Waals surface area contributed by atoms with Gasteiger partial charge in [0.05, 0.1) is 5.70 Å². The number of ether oxygens (including phenoxy) is 2. The molecule has 0 bridgehead atoms. The molecule has 5 nitrogen and oxygen atoms in total. The number of fused-ring (bicyclic) bond motifs is 1. The number of para-hydroxylation sites is 1. The third kappa shape index (κ3) is 4.52. The molecule has 4 rings (SSSR count). The lowest BCUT2D eigenvalue weighted by molar-refractivity contribution is 0.142. The molecule has 1 saturated heterocycles. The summed E-state index contributed by atoms with van der Waals surface area (Å²) in [7, 11) is 2.16. The minimum atomic E-state index is 0.176. The van der Waals surface area contributed by atoms with Crippen LogP contribution in [0.1, 0.15) is 12.0 Å². The second kappa shape index (κ2) is 8.22. The zero-order valence-electron chi connectivity index (χ0n) is 14.4. The normalized spacial score (nSPS) is 23.2. The number of hydrogen-bond donors (Lipinski definition) is 1. The van der Waals surface area contributed by atoms with Gasteiger partial charge >= 0.3 is 0 Å². The Hall–Kier alpha value is -1.98. The fourth-order valence-corrected chi connectivity index (χ4v) is 3.00. The highest BCUT2D eigenvalue weighted by Crippen LogP contribution is 2.22. The van der Waals surface area contributed by atoms with E-state index in [0.717, 1.165) is 38.3 Å². The van der Waals surface area contributed by atoms with Crippen LogP contribution in [0.25, 0.3) is 6.08 Å². The third-order valence-electron chi connectivity index (χ3n) is 4.46. The summed E-state index contributed by atoms with van der Waals surface area (Å²) in [5.41, 5.74) is 8.31. The number of benzene rings is 1. The average Bonchev–Trinajstić information content (AvgIpc) is 2.63. The standard InChI is InChI=1S/C10H19N3O.C9H8O/c1-12-2-4-13(5-3-12)10-6-9(11)7-14-8-10;1-2-6-9-8(4-1)5-3-7-10-9/h8-9H,2-7,11H2,1H3;1-6H,7H2/t9-;/m0./s1. The summed E-state index contributed by atoms with van der Waals surface area (Å²) in [6.07, 6.45) is 6.94. The van der Waals surface area contributed by atoms with E-state index in [1.54, 1.807) is 0 Å². The van der Waals surface area contributed by atoms with Gasteiger partial charge in [-0.1, -0.05) is 24.3 Å². The van der Waals surface area contributed by atoms with E-state index in [2.05, 4.69) is 22.9 Å². The Labute approximate surface area is 144 Å². The van der Waals surface area contributed by atoms with E-state index >= 15 is 0 Å². The van der Waals surface area contributed by atoms with Gasteiger partial charge in [-0.2, -0.15) is 0 Å². The molecule has 2 N–H and O–H groups in total. The highest BCUT2D eigenvalue weighted by molar-refractivity contribution is 5.58. The highest BCUT2D eigenvalue weighted by atomic mass is 16.5. The molecule has 0 aromatic heterocycles. The number of nitrogens with zero attached hydrogens (tertiary/aromatic N) is 2. The zero-order chi connectivity index (χ0) is 16.8. The molecule has 3 aliphatic heterocycles. The van der Waals surface area contributed by atoms with Gasteiger partial charge in [-0.15, -0.1) is 0 Å². The number of likely N-dealkylation sites (N-methyl/N-ethyl adjacent to an activating group) is 1. The van der Waals surface area contributed by atoms with E-state index in [1.807, 2.05) is 36.6 Å². The molecule has 1 fully saturated rings. The minimum Gasteiger partial charge on any atom is -0.498 e. The topological polar surface area (TPSA) is 51.0 Å². The van der Waals surface area contributed by atoms with Gasteiger partial charge in [0.1, 0.15) is 25.2 Å². The van der Waals surface area contributed by atoms with Crippen LogP contribution in [-0.4, -0.2) is 62.3 Å². The van der Waals surface area contributed by atoms with Crippen LogP contribution in [0, 0.1) is 0 Å². The maximum absolute atomic E-state index is 5.86. The van der Waals surface area contributed by atoms with Crippen molar-refractivity contribution in [3.8, 4) is 5.75 Å². The molecule has 1 aromatic carbocycles. The van der Waals surface area contributed by atoms with E-state index in [9.17, 15) is 0 Å². The fourth-order valence-electron chi connectivity index (χ4n) is 3.00. The molecular formula is C19H27N3O2. The molecule has 1 aromatic rings. The number of piperazine rings is 1. The second-order valence-corrected chi connectivity index (χ2v) is 6.45. The van der Waals surface area contributed by atoms with Crippen molar-refractivity contribution in [1.82, 2.24) is 9.80 Å². The molecule has 5 heteroatoms. The molecule has 130 valence electrons. The summed E-state index contributed by atoms with van der Waals surface area (Å²) < 4.78 is 10.7. The molecule has 0 spiro atoms. The Bertz CT molecular complexity index is 592. The van der Waals surface area contributed by atoms with E-state index in [1.165, 1.54) is 11.3 Å². The lowest BCUT2D eigenvalue weighted by Crippen LogP contribution is -2.45. The van der Waals surface area contributed by atoms with Crippen molar-refractivity contribution in [2.75, 3.05) is 46.4 Å². The first-order chi connectivity index (χ1) is 11.7. The predicted molar refractivity (Wildman–Crippen MR) is 96.7 cm³/mol. The molecule has 24 heavy (non-hydrogen) atoms. The van der Waals surface area contributed by atoms with Gasteiger partial charge in [-0.05, 0) is 19.2 Å². The fraction of sp³-hybridized carbons (Fsp3) is 0.474. The summed E-state index contributed by atoms with van der Waals surface area (Å²) in [5, 5.41) is 0. The van der Waals surface area contributed by atoms with Gasteiger partial charge in [-0.25, -0.2) is 0 Å². The molecule has 0 saturated carbocycles. The average molecular weight is 329 g/mol. The van der Waals surface area contributed by atoms with Gasteiger partial charge < -0.3 is 25.0 Å². The maximum Gasteiger partial charge on any atom is 0.126 e. The van der Waals surface area contributed by atoms with Gasteiger partial charge in [0, 0.05) is 44.2 Å². The van der Waals surface area contributed by atoms with Crippen LogP contribution in [0.3, 0.4) is 0 Å². The minimum absolute atomic E-state index is 0.176. The Kier molecular flexibility index (Phi) is 5.77. The van der Waals surface area contributed by atoms with Gasteiger partial charge in [-0.3, -0.25) is 0 Å². The van der Waals surface area contributed by atoms with Crippen LogP contribution in [-0.2, 0) is 4.74 Å². The smallest absolute Gasteiger partial charge is 0.126 e. The number of rotatable bonds is 1. The van der Waals surface area contributed by atoms with Crippen LogP contribution >= 0.6 is 0 Å². The molecule has 0 radical (unpaired) electrons. The van der Waals surface area contributed by atoms with Crippen LogP contribution in [0.2, 0.25) is 0 Å². The van der Waals surface area contributed by atoms with Crippen molar-refractivity contribution >= 4 is 6.08 Å². The monoisotopic (exact) mass is 329 g/mol. The van der Waals surface area contributed by atoms with Gasteiger partial charge in [0.25, 0.3) is 0 Å². The zero-order valence-corrected chi connectivity index (χ0v) is 14.4. The number of hydrogen-bond acceptors (Lipinski definition) is 5. The summed E-state index contributed by atoms with van der Waals surface area (Å²) in [6, 6.07) is 8.20. The lowest BCUT2D eigenvalue weighted by Gasteiger charge is -2.37. The Morgan fingerprint density at radius 1 is 1.12 bits per heavy atom. The third-order valence-corrected chi connectivity index (χ3v) is 4.46. The van der Waals surface area contributed by atoms with Crippen LogP contribution in [0.15, 0.2) is 42.3 Å².